The number of carbonyl (C=O) groups is 1. The summed E-state index contributed by atoms with van der Waals surface area (Å²) in [6.45, 7) is 5.18. The van der Waals surface area contributed by atoms with Crippen LogP contribution in [0.25, 0.3) is 0 Å². The van der Waals surface area contributed by atoms with Crippen molar-refractivity contribution >= 4 is 5.91 Å². The number of likely N-dealkylation sites (N-methyl/N-ethyl adjacent to an activating group) is 1. The molecule has 0 bridgehead atoms. The van der Waals surface area contributed by atoms with Crippen LogP contribution in [0.1, 0.15) is 38.2 Å². The minimum absolute atomic E-state index is 0.0843. The molecule has 2 unspecified atom stereocenters. The first-order valence-electron chi connectivity index (χ1n) is 6.63. The molecule has 3 heteroatoms. The lowest BCUT2D eigenvalue weighted by molar-refractivity contribution is -0.132. The third kappa shape index (κ3) is 2.66. The third-order valence-corrected chi connectivity index (χ3v) is 3.72. The summed E-state index contributed by atoms with van der Waals surface area (Å²) in [6, 6.07) is 8.11. The lowest BCUT2D eigenvalue weighted by Crippen LogP contribution is -2.29. The zero-order valence-corrected chi connectivity index (χ0v) is 11.3. The third-order valence-electron chi connectivity index (χ3n) is 3.72. The second-order valence-corrected chi connectivity index (χ2v) is 5.03. The number of amides is 1. The molecule has 0 aromatic heterocycles. The van der Waals surface area contributed by atoms with Gasteiger partial charge in [-0.3, -0.25) is 4.79 Å². The van der Waals surface area contributed by atoms with Crippen molar-refractivity contribution in [1.82, 2.24) is 4.90 Å². The van der Waals surface area contributed by atoms with Gasteiger partial charge in [0.05, 0.1) is 0 Å². The molecule has 1 aliphatic rings. The number of nitrogens with zero attached hydrogens (tertiary/aromatic N) is 1. The Morgan fingerprint density at radius 2 is 2.06 bits per heavy atom. The summed E-state index contributed by atoms with van der Waals surface area (Å²) < 4.78 is 5.74. The monoisotopic (exact) mass is 247 g/mol. The normalized spacial score (nSPS) is 21.2. The molecule has 0 aliphatic carbocycles. The summed E-state index contributed by atoms with van der Waals surface area (Å²) >= 11 is 0. The molecule has 0 N–H and O–H groups in total. The highest BCUT2D eigenvalue weighted by Gasteiger charge is 2.30. The first-order chi connectivity index (χ1) is 8.61. The number of carbonyl (C=O) groups excluding carboxylic acids is 1. The molecule has 0 saturated carbocycles. The van der Waals surface area contributed by atoms with Crippen LogP contribution in [-0.4, -0.2) is 30.5 Å². The maximum absolute atomic E-state index is 11.7. The van der Waals surface area contributed by atoms with Gasteiger partial charge in [0.15, 0.2) is 6.10 Å². The van der Waals surface area contributed by atoms with E-state index in [1.807, 2.05) is 19.2 Å². The number of likely N-dealkylation sites (tertiary alicyclic amines) is 1. The van der Waals surface area contributed by atoms with Crippen LogP contribution in [0, 0.1) is 0 Å². The Bertz CT molecular complexity index is 413. The van der Waals surface area contributed by atoms with E-state index in [2.05, 4.69) is 26.0 Å². The minimum Gasteiger partial charge on any atom is -0.481 e. The van der Waals surface area contributed by atoms with E-state index < -0.39 is 0 Å². The Kier molecular flexibility index (Phi) is 3.90. The van der Waals surface area contributed by atoms with Crippen molar-refractivity contribution in [2.24, 2.45) is 0 Å². The maximum atomic E-state index is 11.7. The van der Waals surface area contributed by atoms with Gasteiger partial charge in [-0.05, 0) is 30.0 Å². The maximum Gasteiger partial charge on any atom is 0.263 e. The molecular formula is C15H21NO2. The van der Waals surface area contributed by atoms with Crippen molar-refractivity contribution < 1.29 is 9.53 Å². The van der Waals surface area contributed by atoms with E-state index in [-0.39, 0.29) is 12.0 Å². The van der Waals surface area contributed by atoms with Crippen LogP contribution >= 0.6 is 0 Å². The smallest absolute Gasteiger partial charge is 0.263 e. The first-order valence-corrected chi connectivity index (χ1v) is 6.63. The van der Waals surface area contributed by atoms with Crippen LogP contribution in [0.4, 0.5) is 0 Å². The summed E-state index contributed by atoms with van der Waals surface area (Å²) in [7, 11) is 1.82. The zero-order valence-electron chi connectivity index (χ0n) is 11.3. The van der Waals surface area contributed by atoms with Crippen molar-refractivity contribution in [3.63, 3.8) is 0 Å². The Morgan fingerprint density at radius 1 is 1.39 bits per heavy atom. The Hall–Kier alpha value is -1.51. The largest absolute Gasteiger partial charge is 0.481 e. The fourth-order valence-electron chi connectivity index (χ4n) is 2.17. The van der Waals surface area contributed by atoms with Crippen molar-refractivity contribution in [2.75, 3.05) is 13.6 Å². The average Bonchev–Trinajstić information content (AvgIpc) is 2.71. The lowest BCUT2D eigenvalue weighted by atomic mass is 9.99. The van der Waals surface area contributed by atoms with Gasteiger partial charge in [0.1, 0.15) is 5.75 Å². The minimum atomic E-state index is -0.301. The van der Waals surface area contributed by atoms with Crippen molar-refractivity contribution in [1.29, 1.82) is 0 Å². The number of benzene rings is 1. The van der Waals surface area contributed by atoms with E-state index in [0.29, 0.717) is 5.92 Å². The molecule has 2 atom stereocenters. The van der Waals surface area contributed by atoms with Crippen LogP contribution < -0.4 is 4.74 Å². The summed E-state index contributed by atoms with van der Waals surface area (Å²) in [5, 5.41) is 0. The quantitative estimate of drug-likeness (QED) is 0.818. The van der Waals surface area contributed by atoms with Gasteiger partial charge in [0.25, 0.3) is 5.91 Å². The zero-order chi connectivity index (χ0) is 13.1. The van der Waals surface area contributed by atoms with Crippen LogP contribution in [0.2, 0.25) is 0 Å². The van der Waals surface area contributed by atoms with Crippen LogP contribution in [0.3, 0.4) is 0 Å². The predicted molar refractivity (Wildman–Crippen MR) is 71.8 cm³/mol. The van der Waals surface area contributed by atoms with Crippen molar-refractivity contribution in [2.45, 2.75) is 38.7 Å². The van der Waals surface area contributed by atoms with Gasteiger partial charge in [-0.2, -0.15) is 0 Å². The standard InChI is InChI=1S/C15H21NO2/c1-4-11(2)12-5-7-13(8-6-12)18-14-9-10-16(3)15(14)17/h5-8,11,14H,4,9-10H2,1-3H3. The number of rotatable bonds is 4. The molecule has 1 aromatic rings. The fraction of sp³-hybridized carbons (Fsp3) is 0.533. The van der Waals surface area contributed by atoms with E-state index in [1.165, 1.54) is 5.56 Å². The van der Waals surface area contributed by atoms with Crippen LogP contribution in [0.15, 0.2) is 24.3 Å². The average molecular weight is 247 g/mol. The molecule has 2 rings (SSSR count). The molecular weight excluding hydrogens is 226 g/mol. The fourth-order valence-corrected chi connectivity index (χ4v) is 2.17. The number of ether oxygens (including phenoxy) is 1. The molecule has 98 valence electrons. The second kappa shape index (κ2) is 5.42. The molecule has 18 heavy (non-hydrogen) atoms. The van der Waals surface area contributed by atoms with Gasteiger partial charge >= 0.3 is 0 Å². The van der Waals surface area contributed by atoms with Crippen molar-refractivity contribution in [3.8, 4) is 5.75 Å². The van der Waals surface area contributed by atoms with E-state index in [0.717, 1.165) is 25.1 Å². The Balaban J connectivity index is 2.00. The summed E-state index contributed by atoms with van der Waals surface area (Å²) in [4.78, 5) is 13.5. The summed E-state index contributed by atoms with van der Waals surface area (Å²) in [6.07, 6.45) is 1.61. The van der Waals surface area contributed by atoms with Gasteiger partial charge in [0, 0.05) is 20.0 Å². The molecule has 1 aliphatic heterocycles. The van der Waals surface area contributed by atoms with Gasteiger partial charge in [-0.1, -0.05) is 26.0 Å². The second-order valence-electron chi connectivity index (χ2n) is 5.03. The summed E-state index contributed by atoms with van der Waals surface area (Å²) in [5.74, 6) is 1.44. The number of hydrogen-bond donors (Lipinski definition) is 0. The van der Waals surface area contributed by atoms with Crippen molar-refractivity contribution in [3.05, 3.63) is 29.8 Å². The molecule has 1 fully saturated rings. The van der Waals surface area contributed by atoms with Gasteiger partial charge in [0.2, 0.25) is 0 Å². The van der Waals surface area contributed by atoms with E-state index in [9.17, 15) is 4.79 Å². The molecule has 0 radical (unpaired) electrons. The molecule has 1 saturated heterocycles. The highest BCUT2D eigenvalue weighted by Crippen LogP contribution is 2.23. The topological polar surface area (TPSA) is 29.5 Å². The molecule has 1 aromatic carbocycles. The SMILES string of the molecule is CCC(C)c1ccc(OC2CCN(C)C2=O)cc1. The Labute approximate surface area is 109 Å². The van der Waals surface area contributed by atoms with E-state index in [1.54, 1.807) is 4.90 Å². The van der Waals surface area contributed by atoms with Crippen LogP contribution in [0.5, 0.6) is 5.75 Å². The predicted octanol–water partition coefficient (Wildman–Crippen LogP) is 2.81. The number of hydrogen-bond acceptors (Lipinski definition) is 2. The summed E-state index contributed by atoms with van der Waals surface area (Å²) in [5.41, 5.74) is 1.32. The molecule has 1 heterocycles. The van der Waals surface area contributed by atoms with Crippen LogP contribution in [-0.2, 0) is 4.79 Å². The van der Waals surface area contributed by atoms with E-state index in [4.69, 9.17) is 4.74 Å². The molecule has 3 nitrogen and oxygen atoms in total. The lowest BCUT2D eigenvalue weighted by Gasteiger charge is -2.14. The van der Waals surface area contributed by atoms with Gasteiger partial charge in [-0.15, -0.1) is 0 Å². The van der Waals surface area contributed by atoms with Gasteiger partial charge < -0.3 is 9.64 Å². The van der Waals surface area contributed by atoms with Gasteiger partial charge in [-0.25, -0.2) is 0 Å². The highest BCUT2D eigenvalue weighted by molar-refractivity contribution is 5.83. The van der Waals surface area contributed by atoms with E-state index >= 15 is 0 Å². The molecule has 0 spiro atoms. The highest BCUT2D eigenvalue weighted by atomic mass is 16.5. The Morgan fingerprint density at radius 3 is 2.56 bits per heavy atom. The molecule has 1 amide bonds. The first kappa shape index (κ1) is 12.9.